The van der Waals surface area contributed by atoms with Crippen LogP contribution in [0.15, 0.2) is 40.9 Å². The lowest BCUT2D eigenvalue weighted by Crippen LogP contribution is -2.37. The maximum absolute atomic E-state index is 11.9. The summed E-state index contributed by atoms with van der Waals surface area (Å²) in [6.07, 6.45) is 0. The molecular weight excluding hydrogens is 242 g/mol. The summed E-state index contributed by atoms with van der Waals surface area (Å²) < 4.78 is 5.07. The minimum atomic E-state index is -0.314. The Kier molecular flexibility index (Phi) is 4.30. The predicted molar refractivity (Wildman–Crippen MR) is 72.6 cm³/mol. The van der Waals surface area contributed by atoms with Gasteiger partial charge in [0, 0.05) is 11.8 Å². The molecule has 0 bridgehead atoms. The number of hydrogen-bond acceptors (Lipinski definition) is 4. The van der Waals surface area contributed by atoms with Gasteiger partial charge < -0.3 is 9.84 Å². The molecule has 5 heteroatoms. The predicted octanol–water partition coefficient (Wildman–Crippen LogP) is 2.10. The van der Waals surface area contributed by atoms with Crippen molar-refractivity contribution < 1.29 is 9.32 Å². The molecule has 5 nitrogen and oxygen atoms in total. The highest BCUT2D eigenvalue weighted by Crippen LogP contribution is 2.06. The Morgan fingerprint density at radius 2 is 2.11 bits per heavy atom. The average Bonchev–Trinajstić information content (AvgIpc) is 2.83. The number of nitrogens with zero attached hydrogens (tertiary/aromatic N) is 1. The van der Waals surface area contributed by atoms with Gasteiger partial charge in [-0.1, -0.05) is 23.4 Å². The summed E-state index contributed by atoms with van der Waals surface area (Å²) in [7, 11) is 0. The van der Waals surface area contributed by atoms with Crippen molar-refractivity contribution in [2.45, 2.75) is 26.4 Å². The van der Waals surface area contributed by atoms with Crippen LogP contribution in [0.2, 0.25) is 0 Å². The van der Waals surface area contributed by atoms with E-state index in [1.165, 1.54) is 0 Å². The van der Waals surface area contributed by atoms with E-state index in [0.717, 1.165) is 17.1 Å². The summed E-state index contributed by atoms with van der Waals surface area (Å²) in [4.78, 5) is 11.9. The third-order valence-electron chi connectivity index (χ3n) is 2.69. The van der Waals surface area contributed by atoms with Gasteiger partial charge in [-0.05, 0) is 26.0 Å². The minimum Gasteiger partial charge on any atom is -0.360 e. The number of anilines is 1. The Morgan fingerprint density at radius 3 is 2.74 bits per heavy atom. The molecular formula is C14H17N3O2. The molecule has 100 valence electrons. The number of rotatable bonds is 5. The second-order valence-electron chi connectivity index (χ2n) is 4.39. The quantitative estimate of drug-likeness (QED) is 0.863. The molecule has 0 fully saturated rings. The highest BCUT2D eigenvalue weighted by Gasteiger charge is 2.13. The number of amides is 1. The maximum atomic E-state index is 11.9. The van der Waals surface area contributed by atoms with E-state index in [2.05, 4.69) is 15.8 Å². The van der Waals surface area contributed by atoms with Crippen molar-refractivity contribution in [3.8, 4) is 0 Å². The van der Waals surface area contributed by atoms with E-state index < -0.39 is 0 Å². The van der Waals surface area contributed by atoms with E-state index in [1.54, 1.807) is 0 Å². The Hall–Kier alpha value is -2.14. The van der Waals surface area contributed by atoms with Crippen molar-refractivity contribution in [1.82, 2.24) is 10.5 Å². The van der Waals surface area contributed by atoms with Crippen molar-refractivity contribution in [2.24, 2.45) is 0 Å². The smallest absolute Gasteiger partial charge is 0.241 e. The van der Waals surface area contributed by atoms with Crippen molar-refractivity contribution in [3.05, 3.63) is 47.9 Å². The Bertz CT molecular complexity index is 537. The number of para-hydroxylation sites is 1. The first kappa shape index (κ1) is 13.3. The van der Waals surface area contributed by atoms with Crippen molar-refractivity contribution >= 4 is 11.6 Å². The van der Waals surface area contributed by atoms with Crippen molar-refractivity contribution in [2.75, 3.05) is 5.32 Å². The first-order valence-electron chi connectivity index (χ1n) is 6.16. The SMILES string of the molecule is Cc1cc(CNC(C)C(=O)Nc2ccccc2)on1. The fraction of sp³-hybridized carbons (Fsp3) is 0.286. The molecule has 1 aromatic heterocycles. The van der Waals surface area contributed by atoms with Gasteiger partial charge in [0.05, 0.1) is 18.3 Å². The van der Waals surface area contributed by atoms with Gasteiger partial charge in [0.25, 0.3) is 0 Å². The van der Waals surface area contributed by atoms with Gasteiger partial charge >= 0.3 is 0 Å². The summed E-state index contributed by atoms with van der Waals surface area (Å²) in [6.45, 7) is 4.14. The first-order chi connectivity index (χ1) is 9.15. The summed E-state index contributed by atoms with van der Waals surface area (Å²) in [5.74, 6) is 0.638. The van der Waals surface area contributed by atoms with Gasteiger partial charge in [-0.25, -0.2) is 0 Å². The molecule has 2 aromatic rings. The van der Waals surface area contributed by atoms with Gasteiger partial charge in [0.15, 0.2) is 5.76 Å². The zero-order valence-corrected chi connectivity index (χ0v) is 11.0. The van der Waals surface area contributed by atoms with Crippen LogP contribution < -0.4 is 10.6 Å². The zero-order chi connectivity index (χ0) is 13.7. The molecule has 1 atom stereocenters. The number of carbonyl (C=O) groups is 1. The lowest BCUT2D eigenvalue weighted by atomic mass is 10.2. The van der Waals surface area contributed by atoms with Gasteiger partial charge in [-0.2, -0.15) is 0 Å². The Morgan fingerprint density at radius 1 is 1.37 bits per heavy atom. The summed E-state index contributed by atoms with van der Waals surface area (Å²) >= 11 is 0. The molecule has 0 aliphatic carbocycles. The molecule has 0 aliphatic heterocycles. The summed E-state index contributed by atoms with van der Waals surface area (Å²) in [6, 6.07) is 10.9. The molecule has 1 unspecified atom stereocenters. The minimum absolute atomic E-state index is 0.0811. The van der Waals surface area contributed by atoms with Crippen LogP contribution in [0.3, 0.4) is 0 Å². The zero-order valence-electron chi connectivity index (χ0n) is 11.0. The van der Waals surface area contributed by atoms with E-state index >= 15 is 0 Å². The van der Waals surface area contributed by atoms with E-state index in [9.17, 15) is 4.79 Å². The largest absolute Gasteiger partial charge is 0.360 e. The maximum Gasteiger partial charge on any atom is 0.241 e. The number of carbonyl (C=O) groups excluding carboxylic acids is 1. The van der Waals surface area contributed by atoms with Crippen LogP contribution >= 0.6 is 0 Å². The highest BCUT2D eigenvalue weighted by molar-refractivity contribution is 5.94. The third kappa shape index (κ3) is 3.93. The fourth-order valence-electron chi connectivity index (χ4n) is 1.62. The molecule has 0 saturated heterocycles. The topological polar surface area (TPSA) is 67.2 Å². The molecule has 1 heterocycles. The van der Waals surface area contributed by atoms with E-state index in [-0.39, 0.29) is 11.9 Å². The molecule has 2 N–H and O–H groups in total. The van der Waals surface area contributed by atoms with Gasteiger partial charge in [0.1, 0.15) is 0 Å². The molecule has 0 spiro atoms. The van der Waals surface area contributed by atoms with Crippen LogP contribution in [0.4, 0.5) is 5.69 Å². The standard InChI is InChI=1S/C14H17N3O2/c1-10-8-13(19-17-10)9-15-11(2)14(18)16-12-6-4-3-5-7-12/h3-8,11,15H,9H2,1-2H3,(H,16,18). The van der Waals surface area contributed by atoms with Crippen LogP contribution in [-0.4, -0.2) is 17.1 Å². The molecule has 0 saturated carbocycles. The van der Waals surface area contributed by atoms with Gasteiger partial charge in [-0.3, -0.25) is 10.1 Å². The lowest BCUT2D eigenvalue weighted by Gasteiger charge is -2.12. The molecule has 0 radical (unpaired) electrons. The Balaban J connectivity index is 1.82. The number of hydrogen-bond donors (Lipinski definition) is 2. The van der Waals surface area contributed by atoms with E-state index in [1.807, 2.05) is 50.2 Å². The number of aromatic nitrogens is 1. The van der Waals surface area contributed by atoms with Crippen LogP contribution in [0.1, 0.15) is 18.4 Å². The van der Waals surface area contributed by atoms with Crippen LogP contribution in [-0.2, 0) is 11.3 Å². The summed E-state index contributed by atoms with van der Waals surface area (Å²) in [5.41, 5.74) is 1.62. The molecule has 1 amide bonds. The van der Waals surface area contributed by atoms with Crippen molar-refractivity contribution in [3.63, 3.8) is 0 Å². The van der Waals surface area contributed by atoms with E-state index in [0.29, 0.717) is 6.54 Å². The first-order valence-corrected chi connectivity index (χ1v) is 6.16. The van der Waals surface area contributed by atoms with Crippen LogP contribution in [0.25, 0.3) is 0 Å². The molecule has 2 rings (SSSR count). The van der Waals surface area contributed by atoms with E-state index in [4.69, 9.17) is 4.52 Å². The van der Waals surface area contributed by atoms with Crippen LogP contribution in [0, 0.1) is 6.92 Å². The van der Waals surface area contributed by atoms with Crippen molar-refractivity contribution in [1.29, 1.82) is 0 Å². The Labute approximate surface area is 112 Å². The number of nitrogens with one attached hydrogen (secondary N) is 2. The lowest BCUT2D eigenvalue weighted by molar-refractivity contribution is -0.117. The molecule has 0 aliphatic rings. The third-order valence-corrected chi connectivity index (χ3v) is 2.69. The highest BCUT2D eigenvalue weighted by atomic mass is 16.5. The molecule has 19 heavy (non-hydrogen) atoms. The number of benzene rings is 1. The summed E-state index contributed by atoms with van der Waals surface area (Å²) in [5, 5.41) is 9.71. The van der Waals surface area contributed by atoms with Crippen LogP contribution in [0.5, 0.6) is 0 Å². The van der Waals surface area contributed by atoms with Gasteiger partial charge in [0.2, 0.25) is 5.91 Å². The second-order valence-corrected chi connectivity index (χ2v) is 4.39. The van der Waals surface area contributed by atoms with Gasteiger partial charge in [-0.15, -0.1) is 0 Å². The normalized spacial score (nSPS) is 12.1. The average molecular weight is 259 g/mol. The number of aryl methyl sites for hydroxylation is 1. The second kappa shape index (κ2) is 6.15. The fourth-order valence-corrected chi connectivity index (χ4v) is 1.62. The monoisotopic (exact) mass is 259 g/mol. The molecule has 1 aromatic carbocycles.